The monoisotopic (exact) mass is 470 g/mol. The molecule has 5 aromatic rings. The maximum Gasteiger partial charge on any atom is 0.344 e. The number of aromatic hydroxyl groups is 2. The van der Waals surface area contributed by atoms with Crippen LogP contribution in [0.1, 0.15) is 36.5 Å². The molecule has 0 radical (unpaired) electrons. The molecule has 7 nitrogen and oxygen atoms in total. The lowest BCUT2D eigenvalue weighted by molar-refractivity contribution is 0.242. The van der Waals surface area contributed by atoms with Crippen molar-refractivity contribution in [1.29, 1.82) is 0 Å². The fourth-order valence-corrected chi connectivity index (χ4v) is 4.29. The summed E-state index contributed by atoms with van der Waals surface area (Å²) in [6.07, 6.45) is -0.0511. The molecule has 2 aromatic heterocycles. The third-order valence-corrected chi connectivity index (χ3v) is 5.80. The third kappa shape index (κ3) is 3.91. The van der Waals surface area contributed by atoms with Gasteiger partial charge in [0.1, 0.15) is 28.4 Å². The standard InChI is InChI=1S/C28H22O7/c1-15(2)33-17-13-11-16(12-14-17)22(23-25(29)18-7-3-5-9-20(18)34-27(23)31)24-26(30)19-8-4-6-10-21(19)35-28(24)32/h3-15,22,29-30H,1-2H3. The van der Waals surface area contributed by atoms with Crippen LogP contribution in [-0.4, -0.2) is 16.3 Å². The van der Waals surface area contributed by atoms with Gasteiger partial charge in [-0.2, -0.15) is 0 Å². The number of ether oxygens (including phenoxy) is 1. The van der Waals surface area contributed by atoms with Gasteiger partial charge in [0.25, 0.3) is 0 Å². The molecule has 0 aliphatic heterocycles. The Balaban J connectivity index is 1.83. The highest BCUT2D eigenvalue weighted by Crippen LogP contribution is 2.42. The number of hydrogen-bond acceptors (Lipinski definition) is 7. The maximum atomic E-state index is 13.2. The van der Waals surface area contributed by atoms with E-state index in [1.165, 1.54) is 0 Å². The average Bonchev–Trinajstić information content (AvgIpc) is 2.83. The first-order valence-electron chi connectivity index (χ1n) is 11.1. The summed E-state index contributed by atoms with van der Waals surface area (Å²) in [4.78, 5) is 26.4. The number of hydrogen-bond donors (Lipinski definition) is 2. The number of benzene rings is 3. The zero-order valence-electron chi connectivity index (χ0n) is 19.0. The SMILES string of the molecule is CC(C)Oc1ccc(C(c2c(O)c3ccccc3oc2=O)c2c(O)c3ccccc3oc2=O)cc1. The summed E-state index contributed by atoms with van der Waals surface area (Å²) < 4.78 is 16.7. The van der Waals surface area contributed by atoms with Gasteiger partial charge in [0.05, 0.1) is 33.9 Å². The van der Waals surface area contributed by atoms with Gasteiger partial charge < -0.3 is 23.8 Å². The Morgan fingerprint density at radius 3 is 1.60 bits per heavy atom. The van der Waals surface area contributed by atoms with Crippen molar-refractivity contribution in [2.24, 2.45) is 0 Å². The van der Waals surface area contributed by atoms with E-state index in [0.717, 1.165) is 0 Å². The largest absolute Gasteiger partial charge is 0.507 e. The van der Waals surface area contributed by atoms with E-state index in [1.54, 1.807) is 72.8 Å². The van der Waals surface area contributed by atoms with E-state index in [9.17, 15) is 19.8 Å². The molecule has 176 valence electrons. The van der Waals surface area contributed by atoms with Gasteiger partial charge in [-0.1, -0.05) is 36.4 Å². The fraction of sp³-hybridized carbons (Fsp3) is 0.143. The third-order valence-electron chi connectivity index (χ3n) is 5.80. The van der Waals surface area contributed by atoms with Crippen LogP contribution in [-0.2, 0) is 0 Å². The van der Waals surface area contributed by atoms with Crippen LogP contribution in [0.4, 0.5) is 0 Å². The second kappa shape index (κ2) is 8.68. The molecule has 0 saturated carbocycles. The Labute approximate surface area is 199 Å². The van der Waals surface area contributed by atoms with Crippen molar-refractivity contribution in [3.8, 4) is 17.2 Å². The molecule has 0 fully saturated rings. The van der Waals surface area contributed by atoms with E-state index in [2.05, 4.69) is 0 Å². The highest BCUT2D eigenvalue weighted by atomic mass is 16.5. The first-order chi connectivity index (χ1) is 16.8. The van der Waals surface area contributed by atoms with Crippen LogP contribution in [0.3, 0.4) is 0 Å². The molecule has 0 amide bonds. The first-order valence-corrected chi connectivity index (χ1v) is 11.1. The summed E-state index contributed by atoms with van der Waals surface area (Å²) in [5.74, 6) is -1.26. The summed E-state index contributed by atoms with van der Waals surface area (Å²) in [6, 6.07) is 19.8. The molecule has 0 atom stereocenters. The minimum absolute atomic E-state index is 0.0511. The maximum absolute atomic E-state index is 13.2. The zero-order valence-corrected chi connectivity index (χ0v) is 19.0. The Morgan fingerprint density at radius 2 is 1.14 bits per heavy atom. The van der Waals surface area contributed by atoms with Gasteiger partial charge >= 0.3 is 11.3 Å². The van der Waals surface area contributed by atoms with E-state index < -0.39 is 17.2 Å². The van der Waals surface area contributed by atoms with Crippen LogP contribution in [0, 0.1) is 0 Å². The van der Waals surface area contributed by atoms with E-state index in [4.69, 9.17) is 13.6 Å². The molecule has 0 bridgehead atoms. The van der Waals surface area contributed by atoms with Crippen LogP contribution in [0.15, 0.2) is 91.2 Å². The van der Waals surface area contributed by atoms with Crippen molar-refractivity contribution in [2.75, 3.05) is 0 Å². The van der Waals surface area contributed by atoms with Gasteiger partial charge in [-0.15, -0.1) is 0 Å². The summed E-state index contributed by atoms with van der Waals surface area (Å²) in [7, 11) is 0. The van der Waals surface area contributed by atoms with Crippen LogP contribution in [0.2, 0.25) is 0 Å². The van der Waals surface area contributed by atoms with E-state index in [0.29, 0.717) is 22.1 Å². The molecule has 0 unspecified atom stereocenters. The van der Waals surface area contributed by atoms with Gasteiger partial charge in [0, 0.05) is 0 Å². The van der Waals surface area contributed by atoms with Crippen LogP contribution in [0.25, 0.3) is 21.9 Å². The number of fused-ring (bicyclic) bond motifs is 2. The summed E-state index contributed by atoms with van der Waals surface area (Å²) >= 11 is 0. The van der Waals surface area contributed by atoms with Crippen LogP contribution < -0.4 is 16.0 Å². The minimum atomic E-state index is -1.18. The molecule has 7 heteroatoms. The minimum Gasteiger partial charge on any atom is -0.507 e. The van der Waals surface area contributed by atoms with Gasteiger partial charge in [-0.25, -0.2) is 9.59 Å². The average molecular weight is 470 g/mol. The summed E-state index contributed by atoms with van der Waals surface area (Å²) in [5, 5.41) is 23.0. The zero-order chi connectivity index (χ0) is 24.7. The van der Waals surface area contributed by atoms with Crippen molar-refractivity contribution in [2.45, 2.75) is 25.9 Å². The lowest BCUT2D eigenvalue weighted by atomic mass is 9.84. The molecule has 0 saturated heterocycles. The van der Waals surface area contributed by atoms with Gasteiger partial charge in [0.15, 0.2) is 0 Å². The van der Waals surface area contributed by atoms with Crippen molar-refractivity contribution < 1.29 is 23.8 Å². The molecule has 0 spiro atoms. The summed E-state index contributed by atoms with van der Waals surface area (Å²) in [5.41, 5.74) is -1.17. The van der Waals surface area contributed by atoms with Gasteiger partial charge in [-0.3, -0.25) is 0 Å². The van der Waals surface area contributed by atoms with E-state index >= 15 is 0 Å². The van der Waals surface area contributed by atoms with Gasteiger partial charge in [-0.05, 0) is 55.8 Å². The normalized spacial score (nSPS) is 11.5. The second-order valence-corrected chi connectivity index (χ2v) is 8.46. The molecular formula is C28H22O7. The molecule has 35 heavy (non-hydrogen) atoms. The van der Waals surface area contributed by atoms with E-state index in [-0.39, 0.29) is 39.9 Å². The highest BCUT2D eigenvalue weighted by molar-refractivity contribution is 5.86. The molecule has 3 aromatic carbocycles. The van der Waals surface area contributed by atoms with Gasteiger partial charge in [0.2, 0.25) is 0 Å². The molecule has 2 heterocycles. The van der Waals surface area contributed by atoms with Crippen molar-refractivity contribution in [1.82, 2.24) is 0 Å². The lowest BCUT2D eigenvalue weighted by Gasteiger charge is -2.20. The van der Waals surface area contributed by atoms with Crippen molar-refractivity contribution in [3.05, 3.63) is 110 Å². The topological polar surface area (TPSA) is 110 Å². The summed E-state index contributed by atoms with van der Waals surface area (Å²) in [6.45, 7) is 3.79. The Morgan fingerprint density at radius 1 is 0.686 bits per heavy atom. The fourth-order valence-electron chi connectivity index (χ4n) is 4.29. The van der Waals surface area contributed by atoms with Crippen LogP contribution >= 0.6 is 0 Å². The predicted molar refractivity (Wildman–Crippen MR) is 131 cm³/mol. The second-order valence-electron chi connectivity index (χ2n) is 8.46. The Kier molecular flexibility index (Phi) is 5.53. The van der Waals surface area contributed by atoms with Crippen molar-refractivity contribution in [3.63, 3.8) is 0 Å². The van der Waals surface area contributed by atoms with Crippen LogP contribution in [0.5, 0.6) is 17.2 Å². The first kappa shape index (κ1) is 22.3. The predicted octanol–water partition coefficient (Wildman–Crippen LogP) is 5.28. The molecule has 0 aliphatic carbocycles. The lowest BCUT2D eigenvalue weighted by Crippen LogP contribution is -2.21. The quantitative estimate of drug-likeness (QED) is 0.336. The smallest absolute Gasteiger partial charge is 0.344 e. The van der Waals surface area contributed by atoms with Crippen molar-refractivity contribution >= 4 is 21.9 Å². The molecule has 5 rings (SSSR count). The number of rotatable bonds is 5. The molecule has 2 N–H and O–H groups in total. The molecular weight excluding hydrogens is 448 g/mol. The Bertz CT molecular complexity index is 1560. The number of para-hydroxylation sites is 2. The van der Waals surface area contributed by atoms with E-state index in [1.807, 2.05) is 13.8 Å². The highest BCUT2D eigenvalue weighted by Gasteiger charge is 2.32. The molecule has 0 aliphatic rings. The Hall–Kier alpha value is -4.52.